The Kier molecular flexibility index (Phi) is 6.41. The van der Waals surface area contributed by atoms with Gasteiger partial charge in [-0.15, -0.1) is 0 Å². The largest absolute Gasteiger partial charge is 0.465 e. The normalized spacial score (nSPS) is 10.7. The van der Waals surface area contributed by atoms with Crippen LogP contribution in [0.3, 0.4) is 0 Å². The number of aryl methyl sites for hydroxylation is 1. The molecular formula is C23H16ClNO8. The Morgan fingerprint density at radius 2 is 1.82 bits per heavy atom. The highest BCUT2D eigenvalue weighted by Crippen LogP contribution is 2.25. The van der Waals surface area contributed by atoms with E-state index in [2.05, 4.69) is 9.89 Å². The van der Waals surface area contributed by atoms with Gasteiger partial charge in [0.1, 0.15) is 29.1 Å². The molecule has 0 fully saturated rings. The zero-order valence-electron chi connectivity index (χ0n) is 17.2. The van der Waals surface area contributed by atoms with E-state index in [1.807, 2.05) is 0 Å². The zero-order chi connectivity index (χ0) is 23.4. The first-order valence-corrected chi connectivity index (χ1v) is 10.0. The molecule has 2 aromatic carbocycles. The molecule has 0 atom stereocenters. The van der Waals surface area contributed by atoms with Gasteiger partial charge in [0.05, 0.1) is 24.5 Å². The predicted molar refractivity (Wildman–Crippen MR) is 116 cm³/mol. The molecule has 10 heteroatoms. The van der Waals surface area contributed by atoms with Crippen LogP contribution in [-0.2, 0) is 16.0 Å². The Bertz CT molecular complexity index is 1370. The monoisotopic (exact) mass is 469 g/mol. The van der Waals surface area contributed by atoms with Crippen LogP contribution < -0.4 is 14.9 Å². The SMILES string of the molecule is COC(=O)c1ccc(Oc2coc3cc(OC(=O)CCc4cc(Cl)no4)ccc3c2=O)cc1. The van der Waals surface area contributed by atoms with Crippen LogP contribution in [0.15, 0.2) is 68.5 Å². The topological polar surface area (TPSA) is 118 Å². The van der Waals surface area contributed by atoms with E-state index in [9.17, 15) is 14.4 Å². The molecule has 0 radical (unpaired) electrons. The highest BCUT2D eigenvalue weighted by Gasteiger charge is 2.13. The number of rotatable bonds is 7. The lowest BCUT2D eigenvalue weighted by Crippen LogP contribution is -2.09. The Labute approximate surface area is 191 Å². The minimum Gasteiger partial charge on any atom is -0.465 e. The van der Waals surface area contributed by atoms with E-state index in [1.165, 1.54) is 55.6 Å². The van der Waals surface area contributed by atoms with Crippen molar-refractivity contribution in [3.8, 4) is 17.2 Å². The molecule has 4 aromatic rings. The number of halogens is 1. The van der Waals surface area contributed by atoms with Crippen LogP contribution in [-0.4, -0.2) is 24.2 Å². The number of carbonyl (C=O) groups excluding carboxylic acids is 2. The summed E-state index contributed by atoms with van der Waals surface area (Å²) in [6.45, 7) is 0. The van der Waals surface area contributed by atoms with Crippen molar-refractivity contribution < 1.29 is 32.7 Å². The highest BCUT2D eigenvalue weighted by atomic mass is 35.5. The van der Waals surface area contributed by atoms with Crippen molar-refractivity contribution in [2.24, 2.45) is 0 Å². The smallest absolute Gasteiger partial charge is 0.337 e. The molecule has 0 bridgehead atoms. The summed E-state index contributed by atoms with van der Waals surface area (Å²) in [7, 11) is 1.29. The van der Waals surface area contributed by atoms with Crippen LogP contribution in [0.25, 0.3) is 11.0 Å². The zero-order valence-corrected chi connectivity index (χ0v) is 18.0. The molecule has 2 heterocycles. The lowest BCUT2D eigenvalue weighted by Gasteiger charge is -2.07. The molecule has 0 aliphatic heterocycles. The van der Waals surface area contributed by atoms with Gasteiger partial charge in [0.25, 0.3) is 0 Å². The van der Waals surface area contributed by atoms with Gasteiger partial charge in [-0.3, -0.25) is 9.59 Å². The summed E-state index contributed by atoms with van der Waals surface area (Å²) in [5, 5.41) is 3.99. The minimum atomic E-state index is -0.500. The summed E-state index contributed by atoms with van der Waals surface area (Å²) >= 11 is 5.67. The fourth-order valence-corrected chi connectivity index (χ4v) is 3.10. The maximum atomic E-state index is 12.8. The third-order valence-electron chi connectivity index (χ3n) is 4.56. The van der Waals surface area contributed by atoms with Crippen molar-refractivity contribution in [3.63, 3.8) is 0 Å². The van der Waals surface area contributed by atoms with Gasteiger partial charge in [-0.2, -0.15) is 0 Å². The Hall–Kier alpha value is -4.11. The fraction of sp³-hybridized carbons (Fsp3) is 0.130. The van der Waals surface area contributed by atoms with E-state index in [1.54, 1.807) is 0 Å². The van der Waals surface area contributed by atoms with E-state index in [4.69, 9.17) is 30.0 Å². The van der Waals surface area contributed by atoms with Gasteiger partial charge < -0.3 is 23.2 Å². The summed E-state index contributed by atoms with van der Waals surface area (Å²) in [6.07, 6.45) is 1.50. The van der Waals surface area contributed by atoms with E-state index < -0.39 is 17.4 Å². The van der Waals surface area contributed by atoms with Gasteiger partial charge >= 0.3 is 11.9 Å². The van der Waals surface area contributed by atoms with Crippen molar-refractivity contribution >= 4 is 34.5 Å². The lowest BCUT2D eigenvalue weighted by atomic mass is 10.2. The summed E-state index contributed by atoms with van der Waals surface area (Å²) in [6, 6.07) is 12.0. The third-order valence-corrected chi connectivity index (χ3v) is 4.73. The first-order valence-electron chi connectivity index (χ1n) is 9.66. The molecule has 2 aromatic heterocycles. The first-order chi connectivity index (χ1) is 15.9. The first kappa shape index (κ1) is 22.1. The number of nitrogens with zero attached hydrogens (tertiary/aromatic N) is 1. The molecular weight excluding hydrogens is 454 g/mol. The molecule has 0 amide bonds. The summed E-state index contributed by atoms with van der Waals surface area (Å²) in [4.78, 5) is 36.3. The second kappa shape index (κ2) is 9.58. The molecule has 0 saturated carbocycles. The van der Waals surface area contributed by atoms with Crippen molar-refractivity contribution in [1.29, 1.82) is 0 Å². The van der Waals surface area contributed by atoms with Gasteiger partial charge in [0, 0.05) is 18.6 Å². The summed E-state index contributed by atoms with van der Waals surface area (Å²) in [5.41, 5.74) is 0.163. The molecule has 33 heavy (non-hydrogen) atoms. The molecule has 0 aliphatic rings. The number of aromatic nitrogens is 1. The standard InChI is InChI=1S/C23H16ClNO8/c1-29-23(28)13-2-4-14(5-3-13)31-19-12-30-18-10-15(6-8-17(18)22(19)27)32-21(26)9-7-16-11-20(24)25-33-16/h2-6,8,10-12H,7,9H2,1H3. The van der Waals surface area contributed by atoms with Crippen LogP contribution in [0.4, 0.5) is 0 Å². The number of carbonyl (C=O) groups is 2. The second-order valence-corrected chi connectivity index (χ2v) is 7.18. The molecule has 0 saturated heterocycles. The van der Waals surface area contributed by atoms with Crippen LogP contribution >= 0.6 is 11.6 Å². The van der Waals surface area contributed by atoms with E-state index in [0.29, 0.717) is 17.1 Å². The Morgan fingerprint density at radius 3 is 2.52 bits per heavy atom. The quantitative estimate of drug-likeness (QED) is 0.283. The maximum Gasteiger partial charge on any atom is 0.337 e. The maximum absolute atomic E-state index is 12.8. The number of fused-ring (bicyclic) bond motifs is 1. The van der Waals surface area contributed by atoms with Crippen LogP contribution in [0.5, 0.6) is 17.2 Å². The number of ether oxygens (including phenoxy) is 3. The highest BCUT2D eigenvalue weighted by molar-refractivity contribution is 6.29. The minimum absolute atomic E-state index is 0.0382. The second-order valence-electron chi connectivity index (χ2n) is 6.80. The molecule has 168 valence electrons. The predicted octanol–water partition coefficient (Wildman–Crippen LogP) is 4.55. The van der Waals surface area contributed by atoms with Gasteiger partial charge in [-0.25, -0.2) is 4.79 Å². The van der Waals surface area contributed by atoms with Crippen molar-refractivity contribution in [3.05, 3.63) is 81.5 Å². The Balaban J connectivity index is 1.45. The van der Waals surface area contributed by atoms with Crippen molar-refractivity contribution in [1.82, 2.24) is 5.16 Å². The van der Waals surface area contributed by atoms with Gasteiger partial charge in [-0.05, 0) is 36.4 Å². The third kappa shape index (κ3) is 5.21. The average Bonchev–Trinajstić information content (AvgIpc) is 3.24. The lowest BCUT2D eigenvalue weighted by molar-refractivity contribution is -0.134. The molecule has 0 spiro atoms. The number of benzene rings is 2. The van der Waals surface area contributed by atoms with E-state index >= 15 is 0 Å². The van der Waals surface area contributed by atoms with Gasteiger partial charge in [0.2, 0.25) is 11.2 Å². The number of methoxy groups -OCH3 is 1. The molecule has 4 rings (SSSR count). The molecule has 0 N–H and O–H groups in total. The van der Waals surface area contributed by atoms with Crippen LogP contribution in [0, 0.1) is 0 Å². The van der Waals surface area contributed by atoms with E-state index in [-0.39, 0.29) is 40.5 Å². The average molecular weight is 470 g/mol. The summed E-state index contributed by atoms with van der Waals surface area (Å²) in [5.74, 6) is 0.00846. The number of hydrogen-bond acceptors (Lipinski definition) is 9. The molecule has 0 unspecified atom stereocenters. The van der Waals surface area contributed by atoms with Crippen LogP contribution in [0.2, 0.25) is 5.15 Å². The Morgan fingerprint density at radius 1 is 1.06 bits per heavy atom. The van der Waals surface area contributed by atoms with Crippen LogP contribution in [0.1, 0.15) is 22.5 Å². The van der Waals surface area contributed by atoms with E-state index in [0.717, 1.165) is 6.26 Å². The number of hydrogen-bond donors (Lipinski definition) is 0. The molecule has 9 nitrogen and oxygen atoms in total. The van der Waals surface area contributed by atoms with Gasteiger partial charge in [0.15, 0.2) is 5.15 Å². The number of esters is 2. The molecule has 0 aliphatic carbocycles. The van der Waals surface area contributed by atoms with Crippen molar-refractivity contribution in [2.45, 2.75) is 12.8 Å². The summed E-state index contributed by atoms with van der Waals surface area (Å²) < 4.78 is 26.0. The van der Waals surface area contributed by atoms with Gasteiger partial charge in [-0.1, -0.05) is 16.8 Å². The fourth-order valence-electron chi connectivity index (χ4n) is 2.94. The van der Waals surface area contributed by atoms with Crippen molar-refractivity contribution in [2.75, 3.05) is 7.11 Å².